The zero-order chi connectivity index (χ0) is 9.38. The fraction of sp³-hybridized carbons (Fsp3) is 0.143. The predicted molar refractivity (Wildman–Crippen MR) is 60.1 cm³/mol. The van der Waals surface area contributed by atoms with E-state index >= 15 is 0 Å². The van der Waals surface area contributed by atoms with E-state index in [1.807, 2.05) is 0 Å². The molecule has 0 radical (unpaired) electrons. The molecular formula is C14H12Ti. The van der Waals surface area contributed by atoms with Crippen molar-refractivity contribution < 1.29 is 21.7 Å². The summed E-state index contributed by atoms with van der Waals surface area (Å²) in [6.07, 6.45) is 12.3. The van der Waals surface area contributed by atoms with Crippen LogP contribution in [0.15, 0.2) is 54.1 Å². The second-order valence-corrected chi connectivity index (χ2v) is 3.84. The van der Waals surface area contributed by atoms with Crippen molar-refractivity contribution >= 4 is 6.08 Å². The molecule has 0 nitrogen and oxygen atoms in total. The second-order valence-electron chi connectivity index (χ2n) is 3.84. The Morgan fingerprint density at radius 1 is 1.13 bits per heavy atom. The van der Waals surface area contributed by atoms with E-state index in [1.54, 1.807) is 0 Å². The summed E-state index contributed by atoms with van der Waals surface area (Å²) in [5.74, 6) is 0.529. The second kappa shape index (κ2) is 4.34. The van der Waals surface area contributed by atoms with Gasteiger partial charge in [-0.2, -0.15) is 0 Å². The molecule has 0 amide bonds. The third-order valence-corrected chi connectivity index (χ3v) is 3.00. The van der Waals surface area contributed by atoms with E-state index in [0.717, 1.165) is 6.42 Å². The van der Waals surface area contributed by atoms with Gasteiger partial charge in [-0.1, -0.05) is 60.2 Å². The van der Waals surface area contributed by atoms with Crippen LogP contribution in [0, 0.1) is 0 Å². The molecule has 1 aromatic rings. The summed E-state index contributed by atoms with van der Waals surface area (Å²) in [6.45, 7) is 0. The molecule has 0 aliphatic heterocycles. The molecule has 1 atom stereocenters. The molecule has 0 spiro atoms. The maximum atomic E-state index is 2.31. The molecular weight excluding hydrogens is 216 g/mol. The van der Waals surface area contributed by atoms with Crippen LogP contribution in [0.2, 0.25) is 0 Å². The molecule has 15 heavy (non-hydrogen) atoms. The van der Waals surface area contributed by atoms with Crippen LogP contribution in [0.4, 0.5) is 0 Å². The molecule has 0 heterocycles. The van der Waals surface area contributed by atoms with E-state index in [9.17, 15) is 0 Å². The maximum Gasteiger partial charge on any atom is 0.0243 e. The van der Waals surface area contributed by atoms with Crippen molar-refractivity contribution in [3.63, 3.8) is 0 Å². The molecule has 0 aromatic heterocycles. The summed E-state index contributed by atoms with van der Waals surface area (Å²) >= 11 is 0. The first kappa shape index (κ1) is 10.7. The van der Waals surface area contributed by atoms with Gasteiger partial charge in [0.15, 0.2) is 0 Å². The smallest absolute Gasteiger partial charge is 0.0243 e. The summed E-state index contributed by atoms with van der Waals surface area (Å²) in [5.41, 5.74) is 4.36. The van der Waals surface area contributed by atoms with Crippen molar-refractivity contribution in [3.05, 3.63) is 65.3 Å². The zero-order valence-corrected chi connectivity index (χ0v) is 10.0. The predicted octanol–water partition coefficient (Wildman–Crippen LogP) is 3.68. The number of rotatable bonds is 1. The van der Waals surface area contributed by atoms with Crippen LogP contribution in [0.1, 0.15) is 23.5 Å². The van der Waals surface area contributed by atoms with Gasteiger partial charge in [0.1, 0.15) is 0 Å². The van der Waals surface area contributed by atoms with Crippen LogP contribution in [0.5, 0.6) is 0 Å². The third kappa shape index (κ3) is 1.80. The normalized spacial score (nSPS) is 21.1. The fourth-order valence-electron chi connectivity index (χ4n) is 2.27. The summed E-state index contributed by atoms with van der Waals surface area (Å²) in [7, 11) is 0. The molecule has 72 valence electrons. The van der Waals surface area contributed by atoms with Crippen molar-refractivity contribution in [2.75, 3.05) is 0 Å². The quantitative estimate of drug-likeness (QED) is 0.643. The van der Waals surface area contributed by atoms with E-state index in [1.165, 1.54) is 16.7 Å². The minimum absolute atomic E-state index is 0. The van der Waals surface area contributed by atoms with Crippen molar-refractivity contribution in [2.45, 2.75) is 12.3 Å². The number of hydrogen-bond acceptors (Lipinski definition) is 0. The van der Waals surface area contributed by atoms with Crippen LogP contribution in [0.25, 0.3) is 6.08 Å². The Balaban J connectivity index is 0.000000853. The molecule has 0 bridgehead atoms. The van der Waals surface area contributed by atoms with Gasteiger partial charge in [-0.05, 0) is 17.5 Å². The van der Waals surface area contributed by atoms with Crippen LogP contribution in [0.3, 0.4) is 0 Å². The van der Waals surface area contributed by atoms with Crippen LogP contribution >= 0.6 is 0 Å². The Morgan fingerprint density at radius 2 is 2.00 bits per heavy atom. The van der Waals surface area contributed by atoms with Gasteiger partial charge < -0.3 is 0 Å². The van der Waals surface area contributed by atoms with Gasteiger partial charge >= 0.3 is 0 Å². The monoisotopic (exact) mass is 228 g/mol. The average molecular weight is 228 g/mol. The minimum atomic E-state index is 0. The Kier molecular flexibility index (Phi) is 3.09. The van der Waals surface area contributed by atoms with E-state index in [2.05, 4.69) is 54.6 Å². The van der Waals surface area contributed by atoms with Crippen molar-refractivity contribution in [1.82, 2.24) is 0 Å². The van der Waals surface area contributed by atoms with Gasteiger partial charge in [0.05, 0.1) is 0 Å². The largest absolute Gasteiger partial charge is 0.0804 e. The summed E-state index contributed by atoms with van der Waals surface area (Å²) in [5, 5.41) is 0. The Morgan fingerprint density at radius 3 is 2.80 bits per heavy atom. The van der Waals surface area contributed by atoms with Crippen molar-refractivity contribution in [2.24, 2.45) is 0 Å². The summed E-state index contributed by atoms with van der Waals surface area (Å²) in [6, 6.07) is 8.66. The third-order valence-electron chi connectivity index (χ3n) is 3.00. The molecule has 0 saturated heterocycles. The van der Waals surface area contributed by atoms with Crippen LogP contribution in [-0.2, 0) is 21.7 Å². The SMILES string of the molecule is C1=CCC(C2C=Cc3ccccc32)=C1.[Ti]. The van der Waals surface area contributed by atoms with E-state index in [-0.39, 0.29) is 21.7 Å². The summed E-state index contributed by atoms with van der Waals surface area (Å²) < 4.78 is 0. The van der Waals surface area contributed by atoms with Gasteiger partial charge in [0.2, 0.25) is 0 Å². The fourth-order valence-corrected chi connectivity index (χ4v) is 2.27. The molecule has 1 aromatic carbocycles. The topological polar surface area (TPSA) is 0 Å². The molecule has 0 N–H and O–H groups in total. The van der Waals surface area contributed by atoms with E-state index in [4.69, 9.17) is 0 Å². The number of allylic oxidation sites excluding steroid dienone is 5. The van der Waals surface area contributed by atoms with Gasteiger partial charge in [-0.25, -0.2) is 0 Å². The number of benzene rings is 1. The summed E-state index contributed by atoms with van der Waals surface area (Å²) in [4.78, 5) is 0. The zero-order valence-electron chi connectivity index (χ0n) is 8.48. The van der Waals surface area contributed by atoms with Gasteiger partial charge in [0.25, 0.3) is 0 Å². The number of hydrogen-bond donors (Lipinski definition) is 0. The van der Waals surface area contributed by atoms with E-state index in [0.29, 0.717) is 5.92 Å². The molecule has 3 rings (SSSR count). The molecule has 1 heteroatoms. The molecule has 2 aliphatic carbocycles. The Bertz CT molecular complexity index is 452. The molecule has 0 saturated carbocycles. The van der Waals surface area contributed by atoms with Gasteiger partial charge in [0, 0.05) is 27.6 Å². The van der Waals surface area contributed by atoms with Crippen molar-refractivity contribution in [3.8, 4) is 0 Å². The van der Waals surface area contributed by atoms with Crippen LogP contribution in [-0.4, -0.2) is 0 Å². The van der Waals surface area contributed by atoms with E-state index < -0.39 is 0 Å². The minimum Gasteiger partial charge on any atom is -0.0804 e. The first-order valence-electron chi connectivity index (χ1n) is 5.08. The Labute approximate surface area is 105 Å². The first-order valence-corrected chi connectivity index (χ1v) is 5.08. The van der Waals surface area contributed by atoms with Crippen molar-refractivity contribution in [1.29, 1.82) is 0 Å². The maximum absolute atomic E-state index is 2.31. The molecule has 1 unspecified atom stereocenters. The molecule has 2 aliphatic rings. The van der Waals surface area contributed by atoms with Crippen LogP contribution < -0.4 is 0 Å². The molecule has 0 fully saturated rings. The van der Waals surface area contributed by atoms with Gasteiger partial charge in [-0.3, -0.25) is 0 Å². The average Bonchev–Trinajstić information content (AvgIpc) is 2.85. The first-order chi connectivity index (χ1) is 6.95. The standard InChI is InChI=1S/C14H12.Ti/c1-2-6-11(5-1)14-10-9-12-7-3-4-8-13(12)14;/h1-5,7-10,14H,6H2;. The Hall–Kier alpha value is -0.846. The number of fused-ring (bicyclic) bond motifs is 1. The van der Waals surface area contributed by atoms with Gasteiger partial charge in [-0.15, -0.1) is 0 Å².